The van der Waals surface area contributed by atoms with Crippen molar-refractivity contribution in [3.63, 3.8) is 0 Å². The molecule has 1 fully saturated rings. The molecule has 1 N–H and O–H groups in total. The molecule has 8 heteroatoms. The molecule has 1 heterocycles. The topological polar surface area (TPSA) is 82.6 Å². The third-order valence-corrected chi connectivity index (χ3v) is 6.51. The Morgan fingerprint density at radius 3 is 2.08 bits per heavy atom. The van der Waals surface area contributed by atoms with Crippen molar-refractivity contribution in [3.8, 4) is 11.5 Å². The first-order valence-corrected chi connectivity index (χ1v) is 12.8. The van der Waals surface area contributed by atoms with Gasteiger partial charge in [-0.1, -0.05) is 49.7 Å². The van der Waals surface area contributed by atoms with Crippen molar-refractivity contribution < 1.29 is 19.0 Å². The highest BCUT2D eigenvalue weighted by Crippen LogP contribution is 2.34. The maximum Gasteiger partial charge on any atom is 0.407 e. The highest BCUT2D eigenvalue weighted by Gasteiger charge is 2.34. The molecular formula is C29H34ClN3O4. The summed E-state index contributed by atoms with van der Waals surface area (Å²) in [6, 6.07) is 17.9. The molecule has 37 heavy (non-hydrogen) atoms. The molecule has 0 spiro atoms. The molecule has 1 aliphatic rings. The number of ether oxygens (including phenoxy) is 3. The number of aromatic nitrogens is 2. The summed E-state index contributed by atoms with van der Waals surface area (Å²) in [6.07, 6.45) is 2.58. The molecule has 196 valence electrons. The Balaban J connectivity index is 1.28. The fourth-order valence-electron chi connectivity index (χ4n) is 4.07. The van der Waals surface area contributed by atoms with Crippen LogP contribution in [0.5, 0.6) is 11.5 Å². The zero-order chi connectivity index (χ0) is 26.6. The first-order valence-electron chi connectivity index (χ1n) is 12.4. The number of nitrogens with zero attached hydrogens (tertiary/aromatic N) is 2. The predicted octanol–water partition coefficient (Wildman–Crippen LogP) is 6.47. The van der Waals surface area contributed by atoms with Crippen LogP contribution in [-0.2, 0) is 16.8 Å². The van der Waals surface area contributed by atoms with Crippen LogP contribution in [0.4, 0.5) is 4.79 Å². The standard InChI is InChI=1S/C29H34ClN3O4/c1-28(2,3)33-27(34)37-24-16-23(17-24)36-22-12-8-20(9-13-22)29(4,5)19-6-10-21(11-7-19)35-18-26-31-15-14-25(30)32-26/h6-15,23-24H,16-18H2,1-5H3,(H,33,34). The van der Waals surface area contributed by atoms with Crippen LogP contribution in [0.1, 0.15) is 64.4 Å². The molecular weight excluding hydrogens is 490 g/mol. The van der Waals surface area contributed by atoms with Gasteiger partial charge in [0.2, 0.25) is 0 Å². The zero-order valence-corrected chi connectivity index (χ0v) is 22.7. The fraction of sp³-hybridized carbons (Fsp3) is 0.414. The molecule has 1 aromatic heterocycles. The number of amides is 1. The summed E-state index contributed by atoms with van der Waals surface area (Å²) in [5.74, 6) is 2.09. The lowest BCUT2D eigenvalue weighted by Gasteiger charge is -2.35. The number of carbonyl (C=O) groups excluding carboxylic acids is 1. The summed E-state index contributed by atoms with van der Waals surface area (Å²) >= 11 is 5.91. The number of carbonyl (C=O) groups is 1. The molecule has 1 saturated carbocycles. The molecule has 0 aliphatic heterocycles. The van der Waals surface area contributed by atoms with Gasteiger partial charge < -0.3 is 19.5 Å². The number of rotatable bonds is 8. The third kappa shape index (κ3) is 7.35. The molecule has 4 rings (SSSR count). The maximum absolute atomic E-state index is 11.9. The van der Waals surface area contributed by atoms with Crippen LogP contribution in [0.3, 0.4) is 0 Å². The van der Waals surface area contributed by atoms with Gasteiger partial charge in [0.05, 0.1) is 0 Å². The molecule has 0 unspecified atom stereocenters. The minimum atomic E-state index is -0.378. The van der Waals surface area contributed by atoms with E-state index in [2.05, 4.69) is 53.4 Å². The first-order chi connectivity index (χ1) is 17.5. The van der Waals surface area contributed by atoms with E-state index < -0.39 is 0 Å². The van der Waals surface area contributed by atoms with E-state index in [4.69, 9.17) is 25.8 Å². The summed E-state index contributed by atoms with van der Waals surface area (Å²) in [7, 11) is 0. The monoisotopic (exact) mass is 523 g/mol. The number of halogens is 1. The van der Waals surface area contributed by atoms with E-state index in [0.29, 0.717) is 23.8 Å². The number of hydrogen-bond donors (Lipinski definition) is 1. The van der Waals surface area contributed by atoms with Crippen LogP contribution in [-0.4, -0.2) is 33.8 Å². The molecule has 0 bridgehead atoms. The zero-order valence-electron chi connectivity index (χ0n) is 22.0. The Morgan fingerprint density at radius 1 is 0.919 bits per heavy atom. The van der Waals surface area contributed by atoms with E-state index in [0.717, 1.165) is 11.5 Å². The normalized spacial score (nSPS) is 17.5. The quantitative estimate of drug-likeness (QED) is 0.341. The van der Waals surface area contributed by atoms with Gasteiger partial charge in [0.1, 0.15) is 35.5 Å². The molecule has 3 aromatic rings. The fourth-order valence-corrected chi connectivity index (χ4v) is 4.22. The first kappa shape index (κ1) is 26.7. The number of nitrogens with one attached hydrogen (secondary N) is 1. The summed E-state index contributed by atoms with van der Waals surface area (Å²) < 4.78 is 17.3. The second-order valence-electron chi connectivity index (χ2n) is 10.9. The van der Waals surface area contributed by atoms with E-state index in [1.807, 2.05) is 45.0 Å². The summed E-state index contributed by atoms with van der Waals surface area (Å²) in [4.78, 5) is 20.2. The Hall–Kier alpha value is -3.32. The number of benzene rings is 2. The molecule has 2 aromatic carbocycles. The van der Waals surface area contributed by atoms with Crippen LogP contribution in [0.2, 0.25) is 5.15 Å². The Morgan fingerprint density at radius 2 is 1.51 bits per heavy atom. The van der Waals surface area contributed by atoms with Crippen LogP contribution >= 0.6 is 11.6 Å². The molecule has 0 saturated heterocycles. The highest BCUT2D eigenvalue weighted by atomic mass is 35.5. The van der Waals surface area contributed by atoms with Crippen molar-refractivity contribution in [2.75, 3.05) is 0 Å². The largest absolute Gasteiger partial charge is 0.490 e. The Labute approximate surface area is 223 Å². The summed E-state index contributed by atoms with van der Waals surface area (Å²) in [5, 5.41) is 3.21. The van der Waals surface area contributed by atoms with Crippen LogP contribution in [0, 0.1) is 0 Å². The second kappa shape index (κ2) is 11.0. The maximum atomic E-state index is 11.9. The van der Waals surface area contributed by atoms with Crippen molar-refractivity contribution in [2.45, 2.75) is 77.2 Å². The van der Waals surface area contributed by atoms with Crippen LogP contribution < -0.4 is 14.8 Å². The van der Waals surface area contributed by atoms with Crippen LogP contribution in [0.15, 0.2) is 60.8 Å². The lowest BCUT2D eigenvalue weighted by molar-refractivity contribution is -0.0243. The van der Waals surface area contributed by atoms with Gasteiger partial charge >= 0.3 is 6.09 Å². The molecule has 0 atom stereocenters. The van der Waals surface area contributed by atoms with Gasteiger partial charge in [-0.25, -0.2) is 14.8 Å². The van der Waals surface area contributed by atoms with E-state index in [-0.39, 0.29) is 35.9 Å². The lowest BCUT2D eigenvalue weighted by atomic mass is 9.78. The highest BCUT2D eigenvalue weighted by molar-refractivity contribution is 6.29. The molecule has 1 amide bonds. The molecule has 7 nitrogen and oxygen atoms in total. The van der Waals surface area contributed by atoms with E-state index in [1.54, 1.807) is 12.3 Å². The third-order valence-electron chi connectivity index (χ3n) is 6.30. The van der Waals surface area contributed by atoms with E-state index in [1.165, 1.54) is 11.1 Å². The van der Waals surface area contributed by atoms with Gasteiger partial charge in [0.15, 0.2) is 5.82 Å². The SMILES string of the molecule is CC(C)(C)NC(=O)OC1CC(Oc2ccc(C(C)(C)c3ccc(OCc4nccc(Cl)n4)cc3)cc2)C1. The van der Waals surface area contributed by atoms with Crippen molar-refractivity contribution in [1.82, 2.24) is 15.3 Å². The Kier molecular flexibility index (Phi) is 7.93. The molecule has 0 radical (unpaired) electrons. The van der Waals surface area contributed by atoms with E-state index in [9.17, 15) is 4.79 Å². The second-order valence-corrected chi connectivity index (χ2v) is 11.3. The van der Waals surface area contributed by atoms with Crippen molar-refractivity contribution in [1.29, 1.82) is 0 Å². The van der Waals surface area contributed by atoms with Crippen molar-refractivity contribution in [3.05, 3.63) is 82.9 Å². The van der Waals surface area contributed by atoms with Crippen LogP contribution in [0.25, 0.3) is 0 Å². The Bertz CT molecular complexity index is 1200. The number of hydrogen-bond acceptors (Lipinski definition) is 6. The smallest absolute Gasteiger partial charge is 0.407 e. The van der Waals surface area contributed by atoms with Gasteiger partial charge in [-0.05, 0) is 62.2 Å². The van der Waals surface area contributed by atoms with Gasteiger partial charge in [-0.2, -0.15) is 0 Å². The minimum Gasteiger partial charge on any atom is -0.490 e. The van der Waals surface area contributed by atoms with Gasteiger partial charge in [0.25, 0.3) is 0 Å². The minimum absolute atomic E-state index is 0.0520. The van der Waals surface area contributed by atoms with Crippen molar-refractivity contribution in [2.24, 2.45) is 0 Å². The summed E-state index contributed by atoms with van der Waals surface area (Å²) in [5.41, 5.74) is 1.83. The number of alkyl carbamates (subject to hydrolysis) is 1. The van der Waals surface area contributed by atoms with Gasteiger partial charge in [0, 0.05) is 30.0 Å². The summed E-state index contributed by atoms with van der Waals surface area (Å²) in [6.45, 7) is 10.4. The van der Waals surface area contributed by atoms with E-state index >= 15 is 0 Å². The average Bonchev–Trinajstić information content (AvgIpc) is 2.81. The predicted molar refractivity (Wildman–Crippen MR) is 143 cm³/mol. The average molecular weight is 524 g/mol. The van der Waals surface area contributed by atoms with Gasteiger partial charge in [-0.3, -0.25) is 0 Å². The van der Waals surface area contributed by atoms with Crippen molar-refractivity contribution >= 4 is 17.7 Å². The molecule has 1 aliphatic carbocycles. The van der Waals surface area contributed by atoms with Gasteiger partial charge in [-0.15, -0.1) is 0 Å². The lowest BCUT2D eigenvalue weighted by Crippen LogP contribution is -2.46.